The molecule has 1 N–H and O–H groups in total. The SMILES string of the molecule is O=C(CN1CNc2ncc(-c3ccc(Cl)cc3)cc21)c1cccs1. The molecule has 1 aliphatic rings. The number of Topliss-reactive ketones (excluding diaryl/α,β-unsaturated/α-hetero) is 1. The number of rotatable bonds is 4. The van der Waals surface area contributed by atoms with Crippen LogP contribution in [0.5, 0.6) is 0 Å². The van der Waals surface area contributed by atoms with Crippen molar-refractivity contribution in [3.63, 3.8) is 0 Å². The molecule has 0 unspecified atom stereocenters. The number of hydrogen-bond acceptors (Lipinski definition) is 5. The fraction of sp³-hybridized carbons (Fsp3) is 0.111. The number of aromatic nitrogens is 1. The van der Waals surface area contributed by atoms with Gasteiger partial charge in [-0.2, -0.15) is 0 Å². The Labute approximate surface area is 148 Å². The maximum absolute atomic E-state index is 12.4. The number of thiophene rings is 1. The lowest BCUT2D eigenvalue weighted by atomic mass is 10.1. The lowest BCUT2D eigenvalue weighted by Gasteiger charge is -2.16. The molecule has 0 radical (unpaired) electrons. The molecule has 120 valence electrons. The van der Waals surface area contributed by atoms with Crippen LogP contribution in [0.1, 0.15) is 9.67 Å². The van der Waals surface area contributed by atoms with Gasteiger partial charge in [-0.3, -0.25) is 4.79 Å². The number of halogens is 1. The highest BCUT2D eigenvalue weighted by molar-refractivity contribution is 7.12. The molecule has 4 rings (SSSR count). The highest BCUT2D eigenvalue weighted by Gasteiger charge is 2.23. The minimum Gasteiger partial charge on any atom is -0.351 e. The Bertz CT molecular complexity index is 878. The first-order valence-corrected chi connectivity index (χ1v) is 8.78. The van der Waals surface area contributed by atoms with Crippen molar-refractivity contribution in [2.45, 2.75) is 0 Å². The Balaban J connectivity index is 1.61. The standard InChI is InChI=1S/C18H14ClN3OS/c19-14-5-3-12(4-6-14)13-8-15-18(20-9-13)21-11-22(15)10-16(23)17-2-1-7-24-17/h1-9H,10-11H2,(H,20,21). The molecule has 0 bridgehead atoms. The molecule has 0 aliphatic carbocycles. The first-order chi connectivity index (χ1) is 11.7. The van der Waals surface area contributed by atoms with E-state index in [1.807, 2.05) is 52.9 Å². The van der Waals surface area contributed by atoms with Crippen LogP contribution in [-0.4, -0.2) is 24.0 Å². The summed E-state index contributed by atoms with van der Waals surface area (Å²) in [5, 5.41) is 5.86. The van der Waals surface area contributed by atoms with E-state index in [1.165, 1.54) is 11.3 Å². The van der Waals surface area contributed by atoms with Crippen LogP contribution >= 0.6 is 22.9 Å². The van der Waals surface area contributed by atoms with Gasteiger partial charge >= 0.3 is 0 Å². The van der Waals surface area contributed by atoms with Gasteiger partial charge in [0.25, 0.3) is 0 Å². The third-order valence-electron chi connectivity index (χ3n) is 3.95. The topological polar surface area (TPSA) is 45.2 Å². The Morgan fingerprint density at radius 1 is 1.25 bits per heavy atom. The molecular formula is C18H14ClN3OS. The van der Waals surface area contributed by atoms with Crippen LogP contribution in [0.4, 0.5) is 11.5 Å². The number of nitrogens with zero attached hydrogens (tertiary/aromatic N) is 2. The molecule has 2 aromatic heterocycles. The van der Waals surface area contributed by atoms with Crippen LogP contribution in [-0.2, 0) is 0 Å². The second-order valence-corrected chi connectivity index (χ2v) is 6.92. The summed E-state index contributed by atoms with van der Waals surface area (Å²) in [7, 11) is 0. The van der Waals surface area contributed by atoms with Gasteiger partial charge in [-0.15, -0.1) is 11.3 Å². The zero-order valence-corrected chi connectivity index (χ0v) is 14.3. The van der Waals surface area contributed by atoms with Gasteiger partial charge < -0.3 is 10.2 Å². The number of carbonyl (C=O) groups excluding carboxylic acids is 1. The number of benzene rings is 1. The highest BCUT2D eigenvalue weighted by atomic mass is 35.5. The lowest BCUT2D eigenvalue weighted by molar-refractivity contribution is 0.100. The molecule has 0 atom stereocenters. The Kier molecular flexibility index (Phi) is 3.96. The summed E-state index contributed by atoms with van der Waals surface area (Å²) in [4.78, 5) is 19.7. The van der Waals surface area contributed by atoms with Crippen molar-refractivity contribution < 1.29 is 4.79 Å². The molecule has 3 aromatic rings. The molecular weight excluding hydrogens is 342 g/mol. The van der Waals surface area contributed by atoms with Crippen LogP contribution < -0.4 is 10.2 Å². The van der Waals surface area contributed by atoms with E-state index in [0.29, 0.717) is 18.2 Å². The number of carbonyl (C=O) groups is 1. The molecule has 3 heterocycles. The van der Waals surface area contributed by atoms with E-state index in [4.69, 9.17) is 11.6 Å². The van der Waals surface area contributed by atoms with E-state index in [9.17, 15) is 4.79 Å². The summed E-state index contributed by atoms with van der Waals surface area (Å²) in [6.45, 7) is 0.926. The Hall–Kier alpha value is -2.37. The first-order valence-electron chi connectivity index (χ1n) is 7.52. The Morgan fingerprint density at radius 2 is 2.08 bits per heavy atom. The van der Waals surface area contributed by atoms with Gasteiger partial charge in [0.05, 0.1) is 23.8 Å². The molecule has 6 heteroatoms. The molecule has 1 aromatic carbocycles. The number of ketones is 1. The highest BCUT2D eigenvalue weighted by Crippen LogP contribution is 2.33. The number of fused-ring (bicyclic) bond motifs is 1. The minimum absolute atomic E-state index is 0.122. The molecule has 4 nitrogen and oxygen atoms in total. The quantitative estimate of drug-likeness (QED) is 0.698. The van der Waals surface area contributed by atoms with Gasteiger partial charge in [0.2, 0.25) is 0 Å². The van der Waals surface area contributed by atoms with Gasteiger partial charge in [-0.25, -0.2) is 4.98 Å². The van der Waals surface area contributed by atoms with Crippen molar-refractivity contribution in [2.24, 2.45) is 0 Å². The average molecular weight is 356 g/mol. The maximum atomic E-state index is 12.4. The number of pyridine rings is 1. The largest absolute Gasteiger partial charge is 0.351 e. The average Bonchev–Trinajstić information content (AvgIpc) is 3.25. The summed E-state index contributed by atoms with van der Waals surface area (Å²) in [5.74, 6) is 0.934. The number of hydrogen-bond donors (Lipinski definition) is 1. The van der Waals surface area contributed by atoms with Crippen molar-refractivity contribution in [1.82, 2.24) is 4.98 Å². The first kappa shape index (κ1) is 15.2. The van der Waals surface area contributed by atoms with Gasteiger partial charge in [0.1, 0.15) is 0 Å². The monoisotopic (exact) mass is 355 g/mol. The third-order valence-corrected chi connectivity index (χ3v) is 5.12. The predicted octanol–water partition coefficient (Wildman–Crippen LogP) is 4.54. The zero-order chi connectivity index (χ0) is 16.5. The second kappa shape index (κ2) is 6.26. The van der Waals surface area contributed by atoms with E-state index in [1.54, 1.807) is 0 Å². The van der Waals surface area contributed by atoms with E-state index in [-0.39, 0.29) is 5.78 Å². The lowest BCUT2D eigenvalue weighted by Crippen LogP contribution is -2.29. The Morgan fingerprint density at radius 3 is 2.83 bits per heavy atom. The van der Waals surface area contributed by atoms with Crippen LogP contribution in [0.2, 0.25) is 5.02 Å². The summed E-state index contributed by atoms with van der Waals surface area (Å²) in [5.41, 5.74) is 3.00. The summed E-state index contributed by atoms with van der Waals surface area (Å²) >= 11 is 7.42. The number of anilines is 2. The van der Waals surface area contributed by atoms with E-state index in [0.717, 1.165) is 27.5 Å². The van der Waals surface area contributed by atoms with Crippen molar-refractivity contribution in [3.8, 4) is 11.1 Å². The smallest absolute Gasteiger partial charge is 0.192 e. The second-order valence-electron chi connectivity index (χ2n) is 5.53. The summed E-state index contributed by atoms with van der Waals surface area (Å²) in [6.07, 6.45) is 1.83. The van der Waals surface area contributed by atoms with Crippen molar-refractivity contribution >= 4 is 40.2 Å². The van der Waals surface area contributed by atoms with E-state index in [2.05, 4.69) is 16.4 Å². The van der Waals surface area contributed by atoms with Gasteiger partial charge in [0.15, 0.2) is 11.6 Å². The molecule has 0 saturated carbocycles. The van der Waals surface area contributed by atoms with Crippen molar-refractivity contribution in [3.05, 3.63) is 63.9 Å². The van der Waals surface area contributed by atoms with Gasteiger partial charge in [-0.1, -0.05) is 29.8 Å². The molecule has 1 aliphatic heterocycles. The normalized spacial score (nSPS) is 12.8. The predicted molar refractivity (Wildman–Crippen MR) is 99.2 cm³/mol. The molecule has 0 fully saturated rings. The molecule has 0 spiro atoms. The summed E-state index contributed by atoms with van der Waals surface area (Å²) in [6, 6.07) is 13.5. The number of nitrogens with one attached hydrogen (secondary N) is 1. The fourth-order valence-electron chi connectivity index (χ4n) is 2.72. The zero-order valence-electron chi connectivity index (χ0n) is 12.7. The van der Waals surface area contributed by atoms with Gasteiger partial charge in [0, 0.05) is 16.8 Å². The molecule has 0 amide bonds. The molecule has 0 saturated heterocycles. The van der Waals surface area contributed by atoms with Crippen molar-refractivity contribution in [2.75, 3.05) is 23.4 Å². The van der Waals surface area contributed by atoms with E-state index < -0.39 is 0 Å². The van der Waals surface area contributed by atoms with Crippen LogP contribution in [0.15, 0.2) is 54.0 Å². The third kappa shape index (κ3) is 2.88. The minimum atomic E-state index is 0.122. The van der Waals surface area contributed by atoms with Crippen LogP contribution in [0, 0.1) is 0 Å². The van der Waals surface area contributed by atoms with Gasteiger partial charge in [-0.05, 0) is 35.2 Å². The maximum Gasteiger partial charge on any atom is 0.192 e. The molecule has 24 heavy (non-hydrogen) atoms. The fourth-order valence-corrected chi connectivity index (χ4v) is 3.50. The van der Waals surface area contributed by atoms with Crippen LogP contribution in [0.3, 0.4) is 0 Å². The summed E-state index contributed by atoms with van der Waals surface area (Å²) < 4.78 is 0. The van der Waals surface area contributed by atoms with Crippen molar-refractivity contribution in [1.29, 1.82) is 0 Å². The van der Waals surface area contributed by atoms with Crippen LogP contribution in [0.25, 0.3) is 11.1 Å². The van der Waals surface area contributed by atoms with E-state index >= 15 is 0 Å².